The third kappa shape index (κ3) is 13.7. The van der Waals surface area contributed by atoms with Gasteiger partial charge in [-0.25, -0.2) is 0 Å². The van der Waals surface area contributed by atoms with Crippen LogP contribution in [0.15, 0.2) is 23.8 Å². The van der Waals surface area contributed by atoms with Crippen molar-refractivity contribution in [2.75, 3.05) is 0 Å². The van der Waals surface area contributed by atoms with Crippen molar-refractivity contribution in [2.45, 2.75) is 130 Å². The zero-order valence-electron chi connectivity index (χ0n) is 18.5. The van der Waals surface area contributed by atoms with E-state index in [1.165, 1.54) is 115 Å². The Balaban J connectivity index is 0.000000174. The molecule has 0 aromatic carbocycles. The van der Waals surface area contributed by atoms with Crippen LogP contribution in [0, 0.1) is 11.8 Å². The fraction of sp³-hybridized carbons (Fsp3) is 0.846. The maximum Gasteiger partial charge on any atom is -0.0323 e. The van der Waals surface area contributed by atoms with Crippen molar-refractivity contribution in [1.29, 1.82) is 0 Å². The molecule has 0 unspecified atom stereocenters. The second kappa shape index (κ2) is 15.5. The van der Waals surface area contributed by atoms with Gasteiger partial charge in [0.05, 0.1) is 0 Å². The second-order valence-electron chi connectivity index (χ2n) is 9.39. The average Bonchev–Trinajstić information content (AvgIpc) is 3.31. The molecular formula is C26H48. The maximum atomic E-state index is 3.85. The van der Waals surface area contributed by atoms with Gasteiger partial charge in [-0.3, -0.25) is 0 Å². The first-order valence-corrected chi connectivity index (χ1v) is 11.9. The van der Waals surface area contributed by atoms with Gasteiger partial charge in [-0.1, -0.05) is 95.4 Å². The Morgan fingerprint density at radius 2 is 1.12 bits per heavy atom. The zero-order valence-corrected chi connectivity index (χ0v) is 18.5. The Kier molecular flexibility index (Phi) is 14.0. The van der Waals surface area contributed by atoms with Crippen LogP contribution in [0.2, 0.25) is 0 Å². The monoisotopic (exact) mass is 360 g/mol. The quantitative estimate of drug-likeness (QED) is 0.377. The largest absolute Gasteiger partial charge is 0.0999 e. The summed E-state index contributed by atoms with van der Waals surface area (Å²) in [7, 11) is 0. The van der Waals surface area contributed by atoms with Crippen molar-refractivity contribution < 1.29 is 0 Å². The Labute approximate surface area is 165 Å². The molecule has 3 saturated carbocycles. The highest BCUT2D eigenvalue weighted by atomic mass is 14.1. The van der Waals surface area contributed by atoms with Crippen molar-refractivity contribution in [3.63, 3.8) is 0 Å². The molecule has 26 heavy (non-hydrogen) atoms. The number of allylic oxidation sites excluding steroid dienone is 3. The number of rotatable bonds is 0. The highest BCUT2D eigenvalue weighted by Crippen LogP contribution is 2.23. The first-order valence-electron chi connectivity index (χ1n) is 11.9. The SMILES string of the molecule is C=C1CCCC1.CC1=CCCCC1.CC1CCCC1.CC1CCCCC1. The summed E-state index contributed by atoms with van der Waals surface area (Å²) in [5.74, 6) is 2.08. The van der Waals surface area contributed by atoms with E-state index in [1.807, 2.05) is 0 Å². The topological polar surface area (TPSA) is 0 Å². The highest BCUT2D eigenvalue weighted by Gasteiger charge is 2.07. The van der Waals surface area contributed by atoms with Crippen LogP contribution in [0.4, 0.5) is 0 Å². The molecule has 0 heteroatoms. The third-order valence-electron chi connectivity index (χ3n) is 6.37. The normalized spacial score (nSPS) is 23.7. The van der Waals surface area contributed by atoms with Crippen LogP contribution in [-0.4, -0.2) is 0 Å². The Morgan fingerprint density at radius 1 is 0.654 bits per heavy atom. The minimum atomic E-state index is 1.04. The van der Waals surface area contributed by atoms with Crippen molar-refractivity contribution >= 4 is 0 Å². The van der Waals surface area contributed by atoms with Crippen molar-refractivity contribution in [3.8, 4) is 0 Å². The molecule has 4 aliphatic rings. The lowest BCUT2D eigenvalue weighted by atomic mass is 9.91. The molecule has 0 amide bonds. The summed E-state index contributed by atoms with van der Waals surface area (Å²) < 4.78 is 0. The molecule has 0 bridgehead atoms. The molecule has 0 aromatic heterocycles. The molecule has 0 aromatic rings. The predicted molar refractivity (Wildman–Crippen MR) is 120 cm³/mol. The second-order valence-corrected chi connectivity index (χ2v) is 9.39. The molecule has 4 rings (SSSR count). The van der Waals surface area contributed by atoms with Gasteiger partial charge >= 0.3 is 0 Å². The lowest BCUT2D eigenvalue weighted by Gasteiger charge is -2.15. The molecule has 0 aliphatic heterocycles. The minimum absolute atomic E-state index is 1.04. The van der Waals surface area contributed by atoms with Gasteiger partial charge in [0, 0.05) is 0 Å². The summed E-state index contributed by atoms with van der Waals surface area (Å²) in [6.45, 7) is 10.8. The fourth-order valence-electron chi connectivity index (χ4n) is 4.31. The third-order valence-corrected chi connectivity index (χ3v) is 6.37. The van der Waals surface area contributed by atoms with E-state index in [4.69, 9.17) is 0 Å². The number of hydrogen-bond acceptors (Lipinski definition) is 0. The van der Waals surface area contributed by atoms with Crippen LogP contribution >= 0.6 is 0 Å². The van der Waals surface area contributed by atoms with Gasteiger partial charge in [0.1, 0.15) is 0 Å². The lowest BCUT2D eigenvalue weighted by Crippen LogP contribution is -1.99. The molecular weight excluding hydrogens is 312 g/mol. The Bertz CT molecular complexity index is 355. The molecule has 4 aliphatic carbocycles. The van der Waals surface area contributed by atoms with E-state index in [9.17, 15) is 0 Å². The molecule has 152 valence electrons. The summed E-state index contributed by atoms with van der Waals surface area (Å²) >= 11 is 0. The molecule has 0 heterocycles. The van der Waals surface area contributed by atoms with Crippen molar-refractivity contribution in [3.05, 3.63) is 23.8 Å². The van der Waals surface area contributed by atoms with Crippen LogP contribution in [0.1, 0.15) is 130 Å². The Hall–Kier alpha value is -0.520. The molecule has 3 fully saturated rings. The van der Waals surface area contributed by atoms with E-state index in [1.54, 1.807) is 5.57 Å². The van der Waals surface area contributed by atoms with E-state index in [0.29, 0.717) is 0 Å². The van der Waals surface area contributed by atoms with E-state index in [0.717, 1.165) is 11.8 Å². The van der Waals surface area contributed by atoms with Gasteiger partial charge < -0.3 is 0 Å². The summed E-state index contributed by atoms with van der Waals surface area (Å²) in [6, 6.07) is 0. The summed E-state index contributed by atoms with van der Waals surface area (Å²) in [6.07, 6.45) is 26.6. The van der Waals surface area contributed by atoms with Crippen molar-refractivity contribution in [2.24, 2.45) is 11.8 Å². The molecule has 0 radical (unpaired) electrons. The first-order chi connectivity index (χ1) is 12.6. The summed E-state index contributed by atoms with van der Waals surface area (Å²) in [5, 5.41) is 0. The molecule has 0 spiro atoms. The summed E-state index contributed by atoms with van der Waals surface area (Å²) in [5.41, 5.74) is 3.04. The van der Waals surface area contributed by atoms with Crippen LogP contribution in [0.5, 0.6) is 0 Å². The van der Waals surface area contributed by atoms with Gasteiger partial charge in [-0.2, -0.15) is 0 Å². The average molecular weight is 361 g/mol. The zero-order chi connectivity index (χ0) is 19.0. The van der Waals surface area contributed by atoms with Gasteiger partial charge in [0.2, 0.25) is 0 Å². The smallest absolute Gasteiger partial charge is 0.0323 e. The van der Waals surface area contributed by atoms with Crippen molar-refractivity contribution in [1.82, 2.24) is 0 Å². The number of hydrogen-bond donors (Lipinski definition) is 0. The lowest BCUT2D eigenvalue weighted by molar-refractivity contribution is 0.385. The van der Waals surface area contributed by atoms with Crippen LogP contribution in [-0.2, 0) is 0 Å². The van der Waals surface area contributed by atoms with Crippen LogP contribution < -0.4 is 0 Å². The maximum absolute atomic E-state index is 3.85. The minimum Gasteiger partial charge on any atom is -0.0999 e. The van der Waals surface area contributed by atoms with Gasteiger partial charge in [-0.05, 0) is 70.1 Å². The van der Waals surface area contributed by atoms with Crippen LogP contribution in [0.3, 0.4) is 0 Å². The van der Waals surface area contributed by atoms with Gasteiger partial charge in [0.25, 0.3) is 0 Å². The van der Waals surface area contributed by atoms with Gasteiger partial charge in [0.15, 0.2) is 0 Å². The molecule has 0 saturated heterocycles. The van der Waals surface area contributed by atoms with E-state index >= 15 is 0 Å². The van der Waals surface area contributed by atoms with E-state index in [2.05, 4.69) is 33.4 Å². The molecule has 0 N–H and O–H groups in total. The molecule has 0 nitrogen and oxygen atoms in total. The first kappa shape index (κ1) is 23.5. The standard InChI is InChI=1S/C7H14.C7H12.C6H12.C6H10/c2*1-7-5-3-2-4-6-7;2*1-6-4-2-3-5-6/h7H,2-6H2,1H3;5H,2-4,6H2,1H3;6H,2-5H2,1H3;1-5H2. The van der Waals surface area contributed by atoms with E-state index in [-0.39, 0.29) is 0 Å². The van der Waals surface area contributed by atoms with E-state index < -0.39 is 0 Å². The van der Waals surface area contributed by atoms with Gasteiger partial charge in [-0.15, -0.1) is 0 Å². The summed E-state index contributed by atoms with van der Waals surface area (Å²) in [4.78, 5) is 0. The predicted octanol–water partition coefficient (Wildman–Crippen LogP) is 9.41. The van der Waals surface area contributed by atoms with Crippen LogP contribution in [0.25, 0.3) is 0 Å². The fourth-order valence-corrected chi connectivity index (χ4v) is 4.31. The Morgan fingerprint density at radius 3 is 1.31 bits per heavy atom. The molecule has 0 atom stereocenters. The highest BCUT2D eigenvalue weighted by molar-refractivity contribution is 5.00.